The van der Waals surface area contributed by atoms with Gasteiger partial charge in [0.15, 0.2) is 5.96 Å². The highest BCUT2D eigenvalue weighted by molar-refractivity contribution is 5.80. The van der Waals surface area contributed by atoms with Gasteiger partial charge in [0, 0.05) is 51.5 Å². The van der Waals surface area contributed by atoms with E-state index in [0.717, 1.165) is 49.8 Å². The summed E-state index contributed by atoms with van der Waals surface area (Å²) in [5, 5.41) is 6.86. The van der Waals surface area contributed by atoms with Crippen LogP contribution in [0.5, 0.6) is 0 Å². The summed E-state index contributed by atoms with van der Waals surface area (Å²) >= 11 is 0. The van der Waals surface area contributed by atoms with E-state index in [1.54, 1.807) is 11.9 Å². The van der Waals surface area contributed by atoms with Crippen molar-refractivity contribution in [3.05, 3.63) is 23.9 Å². The van der Waals surface area contributed by atoms with Crippen LogP contribution in [0.15, 0.2) is 23.2 Å². The van der Waals surface area contributed by atoms with E-state index in [-0.39, 0.29) is 6.09 Å². The van der Waals surface area contributed by atoms with Gasteiger partial charge in [0.05, 0.1) is 0 Å². The first-order valence-corrected chi connectivity index (χ1v) is 11.4. The number of pyridine rings is 1. The summed E-state index contributed by atoms with van der Waals surface area (Å²) in [6.45, 7) is 13.5. The molecule has 0 saturated carbocycles. The first-order chi connectivity index (χ1) is 14.7. The third-order valence-corrected chi connectivity index (χ3v) is 5.08. The van der Waals surface area contributed by atoms with E-state index in [4.69, 9.17) is 4.74 Å². The van der Waals surface area contributed by atoms with Crippen molar-refractivity contribution in [3.8, 4) is 0 Å². The van der Waals surface area contributed by atoms with Crippen LogP contribution in [0.2, 0.25) is 0 Å². The number of aryl methyl sites for hydroxylation is 1. The maximum Gasteiger partial charge on any atom is 0.410 e. The molecule has 0 bridgehead atoms. The number of ether oxygens (including phenoxy) is 1. The highest BCUT2D eigenvalue weighted by Gasteiger charge is 2.23. The Hall–Kier alpha value is -2.51. The van der Waals surface area contributed by atoms with Crippen molar-refractivity contribution in [2.45, 2.75) is 65.5 Å². The number of carbonyl (C=O) groups is 1. The lowest BCUT2D eigenvalue weighted by molar-refractivity contribution is 0.0253. The Morgan fingerprint density at radius 1 is 1.29 bits per heavy atom. The van der Waals surface area contributed by atoms with Crippen molar-refractivity contribution < 1.29 is 9.53 Å². The molecule has 0 unspecified atom stereocenters. The third kappa shape index (κ3) is 8.63. The molecule has 8 nitrogen and oxygen atoms in total. The number of carbonyl (C=O) groups excluding carboxylic acids is 1. The van der Waals surface area contributed by atoms with Crippen molar-refractivity contribution in [1.82, 2.24) is 20.5 Å². The Balaban J connectivity index is 1.77. The maximum absolute atomic E-state index is 12.4. The zero-order chi connectivity index (χ0) is 22.9. The monoisotopic (exact) mass is 432 g/mol. The Morgan fingerprint density at radius 2 is 2.00 bits per heavy atom. The second-order valence-corrected chi connectivity index (χ2v) is 9.01. The van der Waals surface area contributed by atoms with E-state index in [1.807, 2.05) is 33.8 Å². The second-order valence-electron chi connectivity index (χ2n) is 9.01. The van der Waals surface area contributed by atoms with Gasteiger partial charge in [0.2, 0.25) is 0 Å². The van der Waals surface area contributed by atoms with E-state index in [9.17, 15) is 4.79 Å². The summed E-state index contributed by atoms with van der Waals surface area (Å²) in [6, 6.07) is 6.53. The van der Waals surface area contributed by atoms with E-state index in [0.29, 0.717) is 25.7 Å². The molecule has 1 aromatic rings. The number of rotatable bonds is 7. The van der Waals surface area contributed by atoms with Gasteiger partial charge in [-0.1, -0.05) is 13.0 Å². The molecule has 1 fully saturated rings. The minimum absolute atomic E-state index is 0.267. The number of nitrogens with one attached hydrogen (secondary N) is 2. The fourth-order valence-corrected chi connectivity index (χ4v) is 3.55. The lowest BCUT2D eigenvalue weighted by Gasteiger charge is -2.34. The van der Waals surface area contributed by atoms with Crippen LogP contribution >= 0.6 is 0 Å². The molecule has 1 aliphatic heterocycles. The number of guanidine groups is 1. The lowest BCUT2D eigenvalue weighted by Crippen LogP contribution is -2.50. The van der Waals surface area contributed by atoms with Gasteiger partial charge in [-0.25, -0.2) is 9.78 Å². The van der Waals surface area contributed by atoms with E-state index >= 15 is 0 Å². The van der Waals surface area contributed by atoms with Crippen molar-refractivity contribution in [2.24, 2.45) is 4.99 Å². The summed E-state index contributed by atoms with van der Waals surface area (Å²) in [5.74, 6) is 1.83. The van der Waals surface area contributed by atoms with Crippen LogP contribution < -0.4 is 15.5 Å². The maximum atomic E-state index is 12.4. The van der Waals surface area contributed by atoms with Crippen molar-refractivity contribution in [2.75, 3.05) is 44.7 Å². The number of nitrogens with zero attached hydrogens (tertiary/aromatic N) is 4. The van der Waals surface area contributed by atoms with Gasteiger partial charge in [-0.15, -0.1) is 0 Å². The molecule has 2 rings (SSSR count). The van der Waals surface area contributed by atoms with Crippen LogP contribution in [-0.4, -0.2) is 73.4 Å². The van der Waals surface area contributed by atoms with E-state index < -0.39 is 5.60 Å². The van der Waals surface area contributed by atoms with Gasteiger partial charge in [-0.05, 0) is 59.1 Å². The number of aromatic nitrogens is 1. The first kappa shape index (κ1) is 24.8. The van der Waals surface area contributed by atoms with Crippen LogP contribution in [0.4, 0.5) is 10.6 Å². The summed E-state index contributed by atoms with van der Waals surface area (Å²) in [6.07, 6.45) is 2.67. The molecule has 0 aliphatic carbocycles. The lowest BCUT2D eigenvalue weighted by atomic mass is 10.1. The molecule has 2 heterocycles. The predicted molar refractivity (Wildman–Crippen MR) is 127 cm³/mol. The minimum atomic E-state index is -0.489. The quantitative estimate of drug-likeness (QED) is 0.509. The molecule has 1 aliphatic rings. The predicted octanol–water partition coefficient (Wildman–Crippen LogP) is 3.17. The Labute approximate surface area is 187 Å². The molecule has 8 heteroatoms. The summed E-state index contributed by atoms with van der Waals surface area (Å²) in [4.78, 5) is 25.5. The van der Waals surface area contributed by atoms with Crippen LogP contribution in [-0.2, 0) is 4.74 Å². The van der Waals surface area contributed by atoms with Gasteiger partial charge in [0.1, 0.15) is 11.4 Å². The fraction of sp³-hybridized carbons (Fsp3) is 0.696. The molecule has 31 heavy (non-hydrogen) atoms. The van der Waals surface area contributed by atoms with Gasteiger partial charge >= 0.3 is 6.09 Å². The Kier molecular flexibility index (Phi) is 9.40. The number of hydrogen-bond donors (Lipinski definition) is 2. The molecule has 1 saturated heterocycles. The molecule has 1 amide bonds. The average Bonchev–Trinajstić information content (AvgIpc) is 2.71. The number of piperidine rings is 1. The molecule has 0 radical (unpaired) electrons. The molecule has 0 aromatic carbocycles. The molecule has 0 spiro atoms. The van der Waals surface area contributed by atoms with Gasteiger partial charge < -0.3 is 25.2 Å². The zero-order valence-corrected chi connectivity index (χ0v) is 20.1. The number of aliphatic imine (C=N–C) groups is 1. The average molecular weight is 433 g/mol. The van der Waals surface area contributed by atoms with Crippen LogP contribution in [0, 0.1) is 6.92 Å². The van der Waals surface area contributed by atoms with Crippen LogP contribution in [0.3, 0.4) is 0 Å². The molecular weight excluding hydrogens is 392 g/mol. The highest BCUT2D eigenvalue weighted by Crippen LogP contribution is 2.18. The molecule has 174 valence electrons. The van der Waals surface area contributed by atoms with Gasteiger partial charge in [-0.3, -0.25) is 4.99 Å². The van der Waals surface area contributed by atoms with Crippen LogP contribution in [0.1, 0.15) is 52.7 Å². The highest BCUT2D eigenvalue weighted by atomic mass is 16.6. The van der Waals surface area contributed by atoms with Crippen molar-refractivity contribution in [1.29, 1.82) is 0 Å². The number of hydrogen-bond acceptors (Lipinski definition) is 5. The molecule has 0 atom stereocenters. The third-order valence-electron chi connectivity index (χ3n) is 5.08. The second kappa shape index (κ2) is 11.8. The summed E-state index contributed by atoms with van der Waals surface area (Å²) in [5.41, 5.74) is 0.558. The topological polar surface area (TPSA) is 82.1 Å². The molecular formula is C23H40N6O2. The first-order valence-electron chi connectivity index (χ1n) is 11.4. The van der Waals surface area contributed by atoms with E-state index in [2.05, 4.69) is 44.6 Å². The SMILES string of the molecule is CCCN(CCNC(=NC)NC1CCN(c2cccc(C)n2)CC1)C(=O)OC(C)(C)C. The standard InChI is InChI=1S/C23H40N6O2/c1-7-14-29(22(30)31-23(3,4)5)17-13-25-21(24-6)27-19-11-15-28(16-12-19)20-10-8-9-18(2)26-20/h8-10,19H,7,11-17H2,1-6H3,(H2,24,25,27). The molecule has 2 N–H and O–H groups in total. The molecule has 1 aromatic heterocycles. The van der Waals surface area contributed by atoms with Gasteiger partial charge in [-0.2, -0.15) is 0 Å². The Bertz CT molecular complexity index is 723. The van der Waals surface area contributed by atoms with Crippen molar-refractivity contribution >= 4 is 17.9 Å². The Morgan fingerprint density at radius 3 is 2.58 bits per heavy atom. The number of anilines is 1. The number of amides is 1. The van der Waals surface area contributed by atoms with E-state index in [1.165, 1.54) is 0 Å². The zero-order valence-electron chi connectivity index (χ0n) is 20.1. The van der Waals surface area contributed by atoms with Crippen LogP contribution in [0.25, 0.3) is 0 Å². The van der Waals surface area contributed by atoms with Crippen molar-refractivity contribution in [3.63, 3.8) is 0 Å². The summed E-state index contributed by atoms with van der Waals surface area (Å²) in [7, 11) is 1.78. The largest absolute Gasteiger partial charge is 0.444 e. The minimum Gasteiger partial charge on any atom is -0.444 e. The smallest absolute Gasteiger partial charge is 0.410 e. The van der Waals surface area contributed by atoms with Gasteiger partial charge in [0.25, 0.3) is 0 Å². The normalized spacial score (nSPS) is 15.5. The summed E-state index contributed by atoms with van der Waals surface area (Å²) < 4.78 is 5.52. The fourth-order valence-electron chi connectivity index (χ4n) is 3.55.